The van der Waals surface area contributed by atoms with Gasteiger partial charge in [0.25, 0.3) is 0 Å². The molecular formula is C30H34N6O2. The number of nitrogens with two attached hydrogens (primary N) is 1. The highest BCUT2D eigenvalue weighted by Gasteiger charge is 2.10. The summed E-state index contributed by atoms with van der Waals surface area (Å²) in [6, 6.07) is 15.9. The first-order valence-corrected chi connectivity index (χ1v) is 13.1. The maximum atomic E-state index is 11.6. The minimum Gasteiger partial charge on any atom is -0.380 e. The average Bonchev–Trinajstić information content (AvgIpc) is 2.93. The molecule has 8 nitrogen and oxygen atoms in total. The molecular weight excluding hydrogens is 476 g/mol. The molecule has 0 aliphatic carbocycles. The Morgan fingerprint density at radius 3 is 2.66 bits per heavy atom. The van der Waals surface area contributed by atoms with Crippen molar-refractivity contribution in [2.75, 3.05) is 31.6 Å². The van der Waals surface area contributed by atoms with Gasteiger partial charge in [0.2, 0.25) is 5.91 Å². The van der Waals surface area contributed by atoms with E-state index in [-0.39, 0.29) is 0 Å². The lowest BCUT2D eigenvalue weighted by Crippen LogP contribution is -2.16. The second-order valence-corrected chi connectivity index (χ2v) is 9.25. The lowest BCUT2D eigenvalue weighted by atomic mass is 10.0. The molecule has 38 heavy (non-hydrogen) atoms. The van der Waals surface area contributed by atoms with Gasteiger partial charge in [-0.1, -0.05) is 31.2 Å². The van der Waals surface area contributed by atoms with Crippen LogP contribution in [0.25, 0.3) is 21.7 Å². The van der Waals surface area contributed by atoms with Gasteiger partial charge in [-0.05, 0) is 60.7 Å². The molecule has 4 aromatic rings. The molecule has 4 N–H and O–H groups in total. The molecule has 0 radical (unpaired) electrons. The predicted octanol–water partition coefficient (Wildman–Crippen LogP) is 4.51. The summed E-state index contributed by atoms with van der Waals surface area (Å²) in [6.45, 7) is 5.73. The van der Waals surface area contributed by atoms with Crippen LogP contribution in [0.1, 0.15) is 46.8 Å². The van der Waals surface area contributed by atoms with E-state index >= 15 is 0 Å². The monoisotopic (exact) mass is 510 g/mol. The smallest absolute Gasteiger partial charge is 0.248 e. The van der Waals surface area contributed by atoms with Crippen molar-refractivity contribution in [2.45, 2.75) is 39.2 Å². The van der Waals surface area contributed by atoms with Gasteiger partial charge < -0.3 is 21.1 Å². The van der Waals surface area contributed by atoms with Crippen molar-refractivity contribution < 1.29 is 9.53 Å². The summed E-state index contributed by atoms with van der Waals surface area (Å²) in [5.74, 6) is 0.253. The first kappa shape index (κ1) is 27.0. The molecule has 8 heteroatoms. The van der Waals surface area contributed by atoms with Crippen molar-refractivity contribution in [3.63, 3.8) is 0 Å². The largest absolute Gasteiger partial charge is 0.380 e. The summed E-state index contributed by atoms with van der Waals surface area (Å²) in [4.78, 5) is 20.6. The second-order valence-electron chi connectivity index (χ2n) is 9.25. The Morgan fingerprint density at radius 2 is 1.84 bits per heavy atom. The molecule has 4 rings (SSSR count). The van der Waals surface area contributed by atoms with E-state index in [2.05, 4.69) is 46.8 Å². The number of primary amides is 1. The molecule has 196 valence electrons. The molecule has 0 saturated heterocycles. The molecule has 0 spiro atoms. The van der Waals surface area contributed by atoms with Crippen LogP contribution in [0.5, 0.6) is 0 Å². The van der Waals surface area contributed by atoms with Crippen LogP contribution in [0, 0.1) is 11.3 Å². The van der Waals surface area contributed by atoms with E-state index in [0.29, 0.717) is 37.3 Å². The number of aryl methyl sites for hydroxylation is 1. The summed E-state index contributed by atoms with van der Waals surface area (Å²) in [5.41, 5.74) is 10.2. The number of carbonyl (C=O) groups excluding carboxylic acids is 1. The number of amides is 1. The summed E-state index contributed by atoms with van der Waals surface area (Å²) in [6.07, 6.45) is 6.98. The van der Waals surface area contributed by atoms with Crippen LogP contribution in [0.3, 0.4) is 0 Å². The zero-order chi connectivity index (χ0) is 26.7. The van der Waals surface area contributed by atoms with Crippen LogP contribution in [0.4, 0.5) is 5.82 Å². The molecule has 2 aromatic carbocycles. The molecule has 0 atom stereocenters. The van der Waals surface area contributed by atoms with Crippen molar-refractivity contribution in [2.24, 2.45) is 5.73 Å². The number of hydrogen-bond donors (Lipinski definition) is 3. The quantitative estimate of drug-likeness (QED) is 0.168. The number of aromatic nitrogens is 2. The van der Waals surface area contributed by atoms with Gasteiger partial charge in [-0.25, -0.2) is 4.98 Å². The zero-order valence-corrected chi connectivity index (χ0v) is 21.8. The highest BCUT2D eigenvalue weighted by Crippen LogP contribution is 2.29. The SMILES string of the molecule is CCc1cc(CC#N)cc(CNCCCCOCCNc2nc3cc(C(N)=O)ccc3c3cnccc23)c1. The Hall–Kier alpha value is -4.06. The number of benzene rings is 2. The van der Waals surface area contributed by atoms with E-state index in [1.165, 1.54) is 11.1 Å². The molecule has 0 unspecified atom stereocenters. The van der Waals surface area contributed by atoms with Gasteiger partial charge in [0, 0.05) is 53.8 Å². The Morgan fingerprint density at radius 1 is 1.00 bits per heavy atom. The van der Waals surface area contributed by atoms with Crippen LogP contribution in [0.15, 0.2) is 54.9 Å². The number of carbonyl (C=O) groups is 1. The number of fused-ring (bicyclic) bond motifs is 3. The number of pyridine rings is 2. The van der Waals surface area contributed by atoms with Gasteiger partial charge in [-0.3, -0.25) is 9.78 Å². The highest BCUT2D eigenvalue weighted by atomic mass is 16.5. The molecule has 0 saturated carbocycles. The van der Waals surface area contributed by atoms with Crippen LogP contribution in [-0.4, -0.2) is 42.2 Å². The maximum absolute atomic E-state index is 11.6. The first-order chi connectivity index (χ1) is 18.6. The van der Waals surface area contributed by atoms with Crippen molar-refractivity contribution in [3.05, 3.63) is 77.1 Å². The van der Waals surface area contributed by atoms with E-state index in [0.717, 1.165) is 59.9 Å². The minimum absolute atomic E-state index is 0.426. The van der Waals surface area contributed by atoms with Gasteiger partial charge >= 0.3 is 0 Å². The van der Waals surface area contributed by atoms with E-state index in [1.54, 1.807) is 18.3 Å². The fourth-order valence-electron chi connectivity index (χ4n) is 4.51. The summed E-state index contributed by atoms with van der Waals surface area (Å²) < 4.78 is 5.82. The third kappa shape index (κ3) is 7.03. The highest BCUT2D eigenvalue weighted by molar-refractivity contribution is 6.11. The first-order valence-electron chi connectivity index (χ1n) is 13.1. The summed E-state index contributed by atoms with van der Waals surface area (Å²) >= 11 is 0. The van der Waals surface area contributed by atoms with E-state index in [4.69, 9.17) is 20.7 Å². The Kier molecular flexibility index (Phi) is 9.57. The zero-order valence-electron chi connectivity index (χ0n) is 21.8. The summed E-state index contributed by atoms with van der Waals surface area (Å²) in [7, 11) is 0. The van der Waals surface area contributed by atoms with Crippen LogP contribution < -0.4 is 16.4 Å². The van der Waals surface area contributed by atoms with Crippen molar-refractivity contribution in [1.82, 2.24) is 15.3 Å². The average molecular weight is 511 g/mol. The number of hydrogen-bond acceptors (Lipinski definition) is 7. The lowest BCUT2D eigenvalue weighted by molar-refractivity contribution is 0.100. The van der Waals surface area contributed by atoms with E-state index < -0.39 is 5.91 Å². The van der Waals surface area contributed by atoms with E-state index in [1.807, 2.05) is 18.3 Å². The number of unbranched alkanes of at least 4 members (excludes halogenated alkanes) is 1. The second kappa shape index (κ2) is 13.5. The molecule has 0 aliphatic heterocycles. The number of nitriles is 1. The third-order valence-corrected chi connectivity index (χ3v) is 6.44. The van der Waals surface area contributed by atoms with Gasteiger partial charge in [-0.2, -0.15) is 5.26 Å². The number of anilines is 1. The fourth-order valence-corrected chi connectivity index (χ4v) is 4.51. The van der Waals surface area contributed by atoms with Crippen molar-refractivity contribution in [3.8, 4) is 6.07 Å². The van der Waals surface area contributed by atoms with Gasteiger partial charge in [0.15, 0.2) is 0 Å². The Labute approximate surface area is 223 Å². The Bertz CT molecular complexity index is 1450. The molecule has 0 aliphatic rings. The van der Waals surface area contributed by atoms with Crippen molar-refractivity contribution >= 4 is 33.4 Å². The predicted molar refractivity (Wildman–Crippen MR) is 151 cm³/mol. The van der Waals surface area contributed by atoms with E-state index in [9.17, 15) is 4.79 Å². The topological polar surface area (TPSA) is 126 Å². The normalized spacial score (nSPS) is 11.1. The van der Waals surface area contributed by atoms with Crippen LogP contribution in [0.2, 0.25) is 0 Å². The third-order valence-electron chi connectivity index (χ3n) is 6.44. The molecule has 1 amide bonds. The number of ether oxygens (including phenoxy) is 1. The molecule has 2 heterocycles. The van der Waals surface area contributed by atoms with Crippen molar-refractivity contribution in [1.29, 1.82) is 5.26 Å². The van der Waals surface area contributed by atoms with Crippen LogP contribution >= 0.6 is 0 Å². The van der Waals surface area contributed by atoms with Gasteiger partial charge in [-0.15, -0.1) is 0 Å². The number of nitrogens with one attached hydrogen (secondary N) is 2. The maximum Gasteiger partial charge on any atom is 0.248 e. The van der Waals surface area contributed by atoms with Gasteiger partial charge in [0.05, 0.1) is 24.6 Å². The summed E-state index contributed by atoms with van der Waals surface area (Å²) in [5, 5.41) is 18.7. The molecule has 0 bridgehead atoms. The number of nitrogens with zero attached hydrogens (tertiary/aromatic N) is 3. The molecule has 2 aromatic heterocycles. The van der Waals surface area contributed by atoms with Crippen LogP contribution in [-0.2, 0) is 24.1 Å². The molecule has 0 fully saturated rings. The minimum atomic E-state index is -0.478. The standard InChI is InChI=1S/C30H34N6O2/c1-2-21-15-22(7-9-31)17-23(16-21)19-33-10-3-4-13-38-14-12-35-30-26-8-11-34-20-27(26)25-6-5-24(29(32)37)18-28(25)36-30/h5-6,8,11,15-18,20,33H,2-4,7,10,12-14,19H2,1H3,(H2,32,37)(H,35,36). The number of rotatable bonds is 14. The fraction of sp³-hybridized carbons (Fsp3) is 0.333. The lowest BCUT2D eigenvalue weighted by Gasteiger charge is -2.12. The Balaban J connectivity index is 1.19. The van der Waals surface area contributed by atoms with Gasteiger partial charge in [0.1, 0.15) is 5.82 Å².